The number of fused-ring (bicyclic) bond motifs is 1. The smallest absolute Gasteiger partial charge is 0.231 e. The molecule has 6 nitrogen and oxygen atoms in total. The highest BCUT2D eigenvalue weighted by Crippen LogP contribution is 2.35. The number of carbonyl (C=O) groups excluding carboxylic acids is 1. The number of hydrogen-bond donors (Lipinski definition) is 0. The Balaban J connectivity index is 1.67. The summed E-state index contributed by atoms with van der Waals surface area (Å²) in [5.41, 5.74) is 0. The van der Waals surface area contributed by atoms with Gasteiger partial charge in [-0.1, -0.05) is 0 Å². The van der Waals surface area contributed by atoms with Crippen LogP contribution in [-0.4, -0.2) is 12.8 Å². The molecule has 2 aromatic rings. The summed E-state index contributed by atoms with van der Waals surface area (Å²) in [6, 6.07) is 8.03. The maximum atomic E-state index is 10.5. The minimum Gasteiger partial charge on any atom is -0.542 e. The average molecular weight is 261 g/mol. The van der Waals surface area contributed by atoms with Crippen molar-refractivity contribution in [3.63, 3.8) is 0 Å². The van der Waals surface area contributed by atoms with E-state index >= 15 is 0 Å². The molecule has 0 aliphatic carbocycles. The Hall–Kier alpha value is -2.63. The van der Waals surface area contributed by atoms with Gasteiger partial charge in [-0.15, -0.1) is 0 Å². The lowest BCUT2D eigenvalue weighted by Crippen LogP contribution is -2.21. The van der Waals surface area contributed by atoms with E-state index in [2.05, 4.69) is 0 Å². The third-order valence-corrected chi connectivity index (χ3v) is 2.59. The summed E-state index contributed by atoms with van der Waals surface area (Å²) < 4.78 is 20.9. The van der Waals surface area contributed by atoms with Crippen molar-refractivity contribution < 1.29 is 28.5 Å². The Labute approximate surface area is 108 Å². The van der Waals surface area contributed by atoms with Gasteiger partial charge < -0.3 is 28.5 Å². The van der Waals surface area contributed by atoms with E-state index < -0.39 is 5.97 Å². The number of carboxylic acids is 1. The molecule has 0 saturated carbocycles. The fourth-order valence-electron chi connectivity index (χ4n) is 1.69. The molecule has 1 aliphatic heterocycles. The van der Waals surface area contributed by atoms with Crippen molar-refractivity contribution in [2.24, 2.45) is 0 Å². The second-order valence-corrected chi connectivity index (χ2v) is 3.86. The molecule has 1 aromatic carbocycles. The molecule has 0 bridgehead atoms. The van der Waals surface area contributed by atoms with Gasteiger partial charge in [0.05, 0.1) is 0 Å². The molecule has 98 valence electrons. The van der Waals surface area contributed by atoms with Crippen LogP contribution in [0.15, 0.2) is 34.7 Å². The van der Waals surface area contributed by atoms with Gasteiger partial charge in [0.15, 0.2) is 11.5 Å². The number of carboxylic acid groups (broad SMARTS) is 1. The number of aromatic carboxylic acids is 1. The third kappa shape index (κ3) is 2.33. The molecule has 3 rings (SSSR count). The molecule has 6 heteroatoms. The lowest BCUT2D eigenvalue weighted by molar-refractivity contribution is -0.257. The number of benzene rings is 1. The summed E-state index contributed by atoms with van der Waals surface area (Å²) in [7, 11) is 0. The Bertz CT molecular complexity index is 615. The number of ether oxygens (including phenoxy) is 3. The molecule has 0 atom stereocenters. The van der Waals surface area contributed by atoms with Crippen LogP contribution in [-0.2, 0) is 6.61 Å². The predicted molar refractivity (Wildman–Crippen MR) is 59.9 cm³/mol. The van der Waals surface area contributed by atoms with Crippen LogP contribution in [0.4, 0.5) is 0 Å². The molecular formula is C13H9O6-. The molecule has 1 aliphatic rings. The average Bonchev–Trinajstić information content (AvgIpc) is 3.04. The van der Waals surface area contributed by atoms with Crippen LogP contribution in [0.5, 0.6) is 17.2 Å². The van der Waals surface area contributed by atoms with E-state index in [0.717, 1.165) is 0 Å². The molecule has 0 spiro atoms. The minimum atomic E-state index is -1.35. The maximum absolute atomic E-state index is 10.5. The van der Waals surface area contributed by atoms with Crippen LogP contribution >= 0.6 is 0 Å². The Morgan fingerprint density at radius 2 is 2.05 bits per heavy atom. The first-order chi connectivity index (χ1) is 9.22. The molecule has 2 heterocycles. The first kappa shape index (κ1) is 11.5. The minimum absolute atomic E-state index is 0.118. The Morgan fingerprint density at radius 1 is 1.21 bits per heavy atom. The number of hydrogen-bond acceptors (Lipinski definition) is 6. The molecule has 0 saturated heterocycles. The standard InChI is InChI=1S/C13H10O6/c14-13(15)11-4-2-9(19-11)6-16-8-1-3-10-12(5-8)18-7-17-10/h1-5H,6-7H2,(H,14,15)/p-1. The molecule has 0 N–H and O–H groups in total. The fourth-order valence-corrected chi connectivity index (χ4v) is 1.69. The highest BCUT2D eigenvalue weighted by atomic mass is 16.7. The molecule has 1 aromatic heterocycles. The summed E-state index contributed by atoms with van der Waals surface area (Å²) in [4.78, 5) is 10.5. The van der Waals surface area contributed by atoms with E-state index in [0.29, 0.717) is 23.0 Å². The van der Waals surface area contributed by atoms with Crippen LogP contribution in [0, 0.1) is 0 Å². The van der Waals surface area contributed by atoms with E-state index in [9.17, 15) is 9.90 Å². The van der Waals surface area contributed by atoms with E-state index in [1.807, 2.05) is 0 Å². The van der Waals surface area contributed by atoms with E-state index in [-0.39, 0.29) is 19.2 Å². The van der Waals surface area contributed by atoms with Crippen molar-refractivity contribution in [2.75, 3.05) is 6.79 Å². The zero-order valence-corrected chi connectivity index (χ0v) is 9.75. The highest BCUT2D eigenvalue weighted by Gasteiger charge is 2.14. The van der Waals surface area contributed by atoms with Crippen LogP contribution in [0.2, 0.25) is 0 Å². The Morgan fingerprint density at radius 3 is 2.84 bits per heavy atom. The molecule has 0 radical (unpaired) electrons. The molecule has 19 heavy (non-hydrogen) atoms. The number of rotatable bonds is 4. The van der Waals surface area contributed by atoms with Gasteiger partial charge in [0.1, 0.15) is 29.8 Å². The van der Waals surface area contributed by atoms with Crippen LogP contribution < -0.4 is 19.3 Å². The van der Waals surface area contributed by atoms with E-state index in [4.69, 9.17) is 18.6 Å². The fraction of sp³-hybridized carbons (Fsp3) is 0.154. The van der Waals surface area contributed by atoms with Gasteiger partial charge in [-0.25, -0.2) is 0 Å². The first-order valence-corrected chi connectivity index (χ1v) is 5.55. The summed E-state index contributed by atoms with van der Waals surface area (Å²) >= 11 is 0. The zero-order chi connectivity index (χ0) is 13.2. The van der Waals surface area contributed by atoms with Crippen molar-refractivity contribution in [2.45, 2.75) is 6.61 Å². The van der Waals surface area contributed by atoms with Gasteiger partial charge in [0.2, 0.25) is 6.79 Å². The Kier molecular flexibility index (Phi) is 2.75. The monoisotopic (exact) mass is 261 g/mol. The lowest BCUT2D eigenvalue weighted by atomic mass is 10.3. The quantitative estimate of drug-likeness (QED) is 0.815. The first-order valence-electron chi connectivity index (χ1n) is 5.55. The van der Waals surface area contributed by atoms with Gasteiger partial charge in [0.25, 0.3) is 0 Å². The van der Waals surface area contributed by atoms with Crippen molar-refractivity contribution in [3.05, 3.63) is 41.9 Å². The lowest BCUT2D eigenvalue weighted by Gasteiger charge is -2.05. The molecule has 0 unspecified atom stereocenters. The number of carbonyl (C=O) groups is 1. The third-order valence-electron chi connectivity index (χ3n) is 2.59. The van der Waals surface area contributed by atoms with Gasteiger partial charge in [-0.05, 0) is 24.3 Å². The van der Waals surface area contributed by atoms with Crippen LogP contribution in [0.3, 0.4) is 0 Å². The largest absolute Gasteiger partial charge is 0.542 e. The van der Waals surface area contributed by atoms with Gasteiger partial charge in [-0.2, -0.15) is 0 Å². The molecular weight excluding hydrogens is 252 g/mol. The normalized spacial score (nSPS) is 12.4. The SMILES string of the molecule is O=C([O-])c1ccc(COc2ccc3c(c2)OCO3)o1. The second-order valence-electron chi connectivity index (χ2n) is 3.86. The maximum Gasteiger partial charge on any atom is 0.231 e. The molecule has 0 fully saturated rings. The molecule has 0 amide bonds. The summed E-state index contributed by atoms with van der Waals surface area (Å²) in [6.07, 6.45) is 0. The topological polar surface area (TPSA) is 81.0 Å². The van der Waals surface area contributed by atoms with Gasteiger partial charge in [-0.3, -0.25) is 0 Å². The van der Waals surface area contributed by atoms with E-state index in [1.54, 1.807) is 18.2 Å². The van der Waals surface area contributed by atoms with Crippen LogP contribution in [0.25, 0.3) is 0 Å². The number of furan rings is 1. The highest BCUT2D eigenvalue weighted by molar-refractivity contribution is 5.82. The zero-order valence-electron chi connectivity index (χ0n) is 9.75. The van der Waals surface area contributed by atoms with Crippen molar-refractivity contribution >= 4 is 5.97 Å². The van der Waals surface area contributed by atoms with Crippen molar-refractivity contribution in [3.8, 4) is 17.2 Å². The van der Waals surface area contributed by atoms with Crippen molar-refractivity contribution in [1.29, 1.82) is 0 Å². The van der Waals surface area contributed by atoms with E-state index in [1.165, 1.54) is 12.1 Å². The van der Waals surface area contributed by atoms with Crippen molar-refractivity contribution in [1.82, 2.24) is 0 Å². The summed E-state index contributed by atoms with van der Waals surface area (Å²) in [5.74, 6) is 0.697. The second kappa shape index (κ2) is 4.56. The summed E-state index contributed by atoms with van der Waals surface area (Å²) in [5, 5.41) is 10.5. The predicted octanol–water partition coefficient (Wildman–Crippen LogP) is 0.951. The van der Waals surface area contributed by atoms with Crippen LogP contribution in [0.1, 0.15) is 16.3 Å². The summed E-state index contributed by atoms with van der Waals surface area (Å²) in [6.45, 7) is 0.318. The van der Waals surface area contributed by atoms with Gasteiger partial charge in [0, 0.05) is 6.07 Å². The van der Waals surface area contributed by atoms with Gasteiger partial charge >= 0.3 is 0 Å².